The number of aromatic amines is 1. The maximum Gasteiger partial charge on any atom is 0.158 e. The number of halogens is 1. The molecular weight excluding hydrogens is 310 g/mol. The first-order chi connectivity index (χ1) is 9.99. The molecular formula is C14H16ClN3O2S. The van der Waals surface area contributed by atoms with Crippen LogP contribution in [0.4, 0.5) is 5.82 Å². The highest BCUT2D eigenvalue weighted by atomic mass is 35.5. The lowest BCUT2D eigenvalue weighted by molar-refractivity contribution is 0.542. The fourth-order valence-electron chi connectivity index (χ4n) is 2.80. The average Bonchev–Trinajstić information content (AvgIpc) is 2.81. The summed E-state index contributed by atoms with van der Waals surface area (Å²) in [6, 6.07) is 7.15. The third-order valence-corrected chi connectivity index (χ3v) is 6.30. The van der Waals surface area contributed by atoms with Gasteiger partial charge in [0.05, 0.1) is 11.4 Å². The lowest BCUT2D eigenvalue weighted by atomic mass is 10.0. The Balaban J connectivity index is 2.11. The van der Waals surface area contributed by atoms with E-state index in [1.165, 1.54) is 0 Å². The van der Waals surface area contributed by atoms with Crippen molar-refractivity contribution in [3.05, 3.63) is 35.0 Å². The summed E-state index contributed by atoms with van der Waals surface area (Å²) >= 11 is 5.90. The van der Waals surface area contributed by atoms with Gasteiger partial charge in [-0.05, 0) is 30.5 Å². The van der Waals surface area contributed by atoms with E-state index in [9.17, 15) is 8.42 Å². The van der Waals surface area contributed by atoms with Gasteiger partial charge in [0.2, 0.25) is 0 Å². The van der Waals surface area contributed by atoms with Gasteiger partial charge in [-0.15, -0.1) is 0 Å². The number of aromatic nitrogens is 2. The van der Waals surface area contributed by atoms with Crippen molar-refractivity contribution in [2.24, 2.45) is 0 Å². The topological polar surface area (TPSA) is 88.8 Å². The molecule has 3 rings (SSSR count). The van der Waals surface area contributed by atoms with Gasteiger partial charge in [-0.25, -0.2) is 8.42 Å². The number of nitrogens with zero attached hydrogens (tertiary/aromatic N) is 1. The van der Waals surface area contributed by atoms with Crippen molar-refractivity contribution in [1.82, 2.24) is 10.2 Å². The van der Waals surface area contributed by atoms with E-state index in [4.69, 9.17) is 17.3 Å². The summed E-state index contributed by atoms with van der Waals surface area (Å²) in [5, 5.41) is 6.90. The maximum absolute atomic E-state index is 12.3. The summed E-state index contributed by atoms with van der Waals surface area (Å²) in [4.78, 5) is 0. The zero-order valence-corrected chi connectivity index (χ0v) is 12.9. The normalized spacial score (nSPS) is 21.3. The number of H-pyrrole nitrogens is 1. The molecule has 5 nitrogen and oxygen atoms in total. The van der Waals surface area contributed by atoms with E-state index in [2.05, 4.69) is 10.2 Å². The van der Waals surface area contributed by atoms with Gasteiger partial charge in [-0.3, -0.25) is 5.10 Å². The number of anilines is 1. The molecule has 1 fully saturated rings. The predicted octanol–water partition coefficient (Wildman–Crippen LogP) is 2.95. The molecule has 21 heavy (non-hydrogen) atoms. The molecule has 112 valence electrons. The maximum atomic E-state index is 12.3. The standard InChI is InChI=1S/C14H16ClN3O2S/c15-10-6-4-9(5-7-10)12-13(17-18-14(12)16)11-3-1-2-8-21(11,19)20/h4-7,11H,1-3,8H2,(H3,16,17,18). The molecule has 1 aromatic heterocycles. The zero-order chi connectivity index (χ0) is 15.0. The first kappa shape index (κ1) is 14.4. The second-order valence-corrected chi connectivity index (χ2v) is 8.00. The van der Waals surface area contributed by atoms with E-state index >= 15 is 0 Å². The Morgan fingerprint density at radius 2 is 1.95 bits per heavy atom. The Hall–Kier alpha value is -1.53. The molecule has 2 aromatic rings. The molecule has 0 radical (unpaired) electrons. The van der Waals surface area contributed by atoms with Crippen LogP contribution in [0.5, 0.6) is 0 Å². The number of sulfone groups is 1. The minimum absolute atomic E-state index is 0.219. The summed E-state index contributed by atoms with van der Waals surface area (Å²) < 4.78 is 24.6. The summed E-state index contributed by atoms with van der Waals surface area (Å²) in [7, 11) is -3.15. The minimum atomic E-state index is -3.15. The van der Waals surface area contributed by atoms with Gasteiger partial charge in [0, 0.05) is 10.6 Å². The first-order valence-corrected chi connectivity index (χ1v) is 8.89. The van der Waals surface area contributed by atoms with E-state index in [1.807, 2.05) is 12.1 Å². The third-order valence-electron chi connectivity index (χ3n) is 3.86. The number of nitrogens with one attached hydrogen (secondary N) is 1. The van der Waals surface area contributed by atoms with Crippen LogP contribution in [0.15, 0.2) is 24.3 Å². The van der Waals surface area contributed by atoms with Gasteiger partial charge < -0.3 is 5.73 Å². The van der Waals surface area contributed by atoms with Crippen LogP contribution >= 0.6 is 11.6 Å². The first-order valence-electron chi connectivity index (χ1n) is 6.80. The Morgan fingerprint density at radius 3 is 2.62 bits per heavy atom. The zero-order valence-electron chi connectivity index (χ0n) is 11.3. The Labute approximate surface area is 128 Å². The van der Waals surface area contributed by atoms with Gasteiger partial charge in [0.15, 0.2) is 15.7 Å². The van der Waals surface area contributed by atoms with Crippen LogP contribution in [0, 0.1) is 0 Å². The molecule has 1 aliphatic heterocycles. The van der Waals surface area contributed by atoms with Gasteiger partial charge in [-0.2, -0.15) is 5.10 Å². The van der Waals surface area contributed by atoms with Crippen molar-refractivity contribution in [2.45, 2.75) is 24.5 Å². The number of nitrogens with two attached hydrogens (primary N) is 1. The third kappa shape index (κ3) is 2.65. The number of hydrogen-bond donors (Lipinski definition) is 2. The largest absolute Gasteiger partial charge is 0.382 e. The van der Waals surface area contributed by atoms with Crippen LogP contribution in [0.3, 0.4) is 0 Å². The fourth-order valence-corrected chi connectivity index (χ4v) is 4.87. The summed E-state index contributed by atoms with van der Waals surface area (Å²) in [6.07, 6.45) is 2.21. The molecule has 1 unspecified atom stereocenters. The molecule has 0 saturated carbocycles. The van der Waals surface area contributed by atoms with Crippen molar-refractivity contribution < 1.29 is 8.42 Å². The molecule has 0 bridgehead atoms. The van der Waals surface area contributed by atoms with Crippen molar-refractivity contribution in [1.29, 1.82) is 0 Å². The second kappa shape index (κ2) is 5.35. The molecule has 0 spiro atoms. The van der Waals surface area contributed by atoms with Gasteiger partial charge >= 0.3 is 0 Å². The molecule has 1 atom stereocenters. The highest BCUT2D eigenvalue weighted by Crippen LogP contribution is 2.40. The van der Waals surface area contributed by atoms with Crippen LogP contribution < -0.4 is 5.73 Å². The van der Waals surface area contributed by atoms with Gasteiger partial charge in [0.1, 0.15) is 5.25 Å². The molecule has 7 heteroatoms. The van der Waals surface area contributed by atoms with E-state index in [1.54, 1.807) is 12.1 Å². The number of rotatable bonds is 2. The fraction of sp³-hybridized carbons (Fsp3) is 0.357. The molecule has 0 aliphatic carbocycles. The number of benzene rings is 1. The second-order valence-electron chi connectivity index (χ2n) is 5.26. The van der Waals surface area contributed by atoms with Crippen molar-refractivity contribution in [3.8, 4) is 11.1 Å². The lowest BCUT2D eigenvalue weighted by Gasteiger charge is -2.22. The SMILES string of the molecule is Nc1n[nH]c(C2CCCCS2(=O)=O)c1-c1ccc(Cl)cc1. The number of hydrogen-bond acceptors (Lipinski definition) is 4. The van der Waals surface area contributed by atoms with E-state index < -0.39 is 15.1 Å². The predicted molar refractivity (Wildman–Crippen MR) is 83.8 cm³/mol. The van der Waals surface area contributed by atoms with E-state index in [0.717, 1.165) is 18.4 Å². The van der Waals surface area contributed by atoms with E-state index in [0.29, 0.717) is 28.5 Å². The lowest BCUT2D eigenvalue weighted by Crippen LogP contribution is -2.22. The Bertz CT molecular complexity index is 753. The van der Waals surface area contributed by atoms with Gasteiger partial charge in [-0.1, -0.05) is 30.2 Å². The van der Waals surface area contributed by atoms with Crippen LogP contribution in [0.25, 0.3) is 11.1 Å². The van der Waals surface area contributed by atoms with Gasteiger partial charge in [0.25, 0.3) is 0 Å². The van der Waals surface area contributed by atoms with Crippen molar-refractivity contribution >= 4 is 27.3 Å². The minimum Gasteiger partial charge on any atom is -0.382 e. The summed E-state index contributed by atoms with van der Waals surface area (Å²) in [5.41, 5.74) is 8.02. The van der Waals surface area contributed by atoms with Crippen LogP contribution in [0.2, 0.25) is 5.02 Å². The van der Waals surface area contributed by atoms with Crippen LogP contribution in [0.1, 0.15) is 30.2 Å². The average molecular weight is 326 g/mol. The molecule has 1 aromatic carbocycles. The molecule has 1 saturated heterocycles. The Kier molecular flexibility index (Phi) is 3.67. The summed E-state index contributed by atoms with van der Waals surface area (Å²) in [5.74, 6) is 0.532. The Morgan fingerprint density at radius 1 is 1.24 bits per heavy atom. The van der Waals surface area contributed by atoms with Crippen molar-refractivity contribution in [3.63, 3.8) is 0 Å². The van der Waals surface area contributed by atoms with Crippen LogP contribution in [-0.4, -0.2) is 24.4 Å². The molecule has 3 N–H and O–H groups in total. The summed E-state index contributed by atoms with van der Waals surface area (Å²) in [6.45, 7) is 0. The van der Waals surface area contributed by atoms with E-state index in [-0.39, 0.29) is 5.75 Å². The molecule has 0 amide bonds. The van der Waals surface area contributed by atoms with Crippen molar-refractivity contribution in [2.75, 3.05) is 11.5 Å². The quantitative estimate of drug-likeness (QED) is 0.888. The molecule has 1 aliphatic rings. The molecule has 2 heterocycles. The number of nitrogen functional groups attached to an aromatic ring is 1. The highest BCUT2D eigenvalue weighted by molar-refractivity contribution is 7.91. The highest BCUT2D eigenvalue weighted by Gasteiger charge is 2.34. The van der Waals surface area contributed by atoms with Crippen LogP contribution in [-0.2, 0) is 9.84 Å². The smallest absolute Gasteiger partial charge is 0.158 e. The monoisotopic (exact) mass is 325 g/mol.